The second-order valence-corrected chi connectivity index (χ2v) is 7.22. The van der Waals surface area contributed by atoms with Gasteiger partial charge in [-0.2, -0.15) is 13.2 Å². The van der Waals surface area contributed by atoms with E-state index in [1.165, 1.54) is 4.90 Å². The monoisotopic (exact) mass is 372 g/mol. The second-order valence-electron chi connectivity index (χ2n) is 7.22. The normalized spacial score (nSPS) is 20.6. The summed E-state index contributed by atoms with van der Waals surface area (Å²) >= 11 is 0. The zero-order valence-electron chi connectivity index (χ0n) is 15.1. The van der Waals surface area contributed by atoms with Crippen LogP contribution < -0.4 is 14.8 Å². The number of fused-ring (bicyclic) bond motifs is 1. The first-order valence-corrected chi connectivity index (χ1v) is 9.33. The summed E-state index contributed by atoms with van der Waals surface area (Å²) in [7, 11) is 0. The molecule has 0 amide bonds. The number of alkyl halides is 3. The number of hydrogen-bond donors (Lipinski definition) is 1. The highest BCUT2D eigenvalue weighted by molar-refractivity contribution is 5.44. The minimum atomic E-state index is -4.10. The Balaban J connectivity index is 1.46. The van der Waals surface area contributed by atoms with Gasteiger partial charge < -0.3 is 14.8 Å². The van der Waals surface area contributed by atoms with Crippen molar-refractivity contribution < 1.29 is 22.6 Å². The molecule has 0 bridgehead atoms. The van der Waals surface area contributed by atoms with Gasteiger partial charge in [0.1, 0.15) is 0 Å². The average Bonchev–Trinajstić information content (AvgIpc) is 2.84. The molecule has 0 spiro atoms. The minimum absolute atomic E-state index is 0.153. The Morgan fingerprint density at radius 1 is 1.15 bits per heavy atom. The zero-order valence-corrected chi connectivity index (χ0v) is 15.1. The highest BCUT2D eigenvalue weighted by Gasteiger charge is 2.32. The van der Waals surface area contributed by atoms with Crippen LogP contribution in [0.4, 0.5) is 13.2 Å². The van der Waals surface area contributed by atoms with E-state index in [9.17, 15) is 13.2 Å². The lowest BCUT2D eigenvalue weighted by Gasteiger charge is -2.33. The Hall–Kier alpha value is -1.47. The molecule has 2 aliphatic heterocycles. The molecule has 1 aromatic carbocycles. The number of benzene rings is 1. The van der Waals surface area contributed by atoms with Crippen LogP contribution in [0.15, 0.2) is 18.2 Å². The van der Waals surface area contributed by atoms with E-state index in [2.05, 4.69) is 12.2 Å². The van der Waals surface area contributed by atoms with Gasteiger partial charge in [-0.1, -0.05) is 6.07 Å². The fourth-order valence-electron chi connectivity index (χ4n) is 3.51. The van der Waals surface area contributed by atoms with Crippen molar-refractivity contribution in [3.8, 4) is 11.5 Å². The van der Waals surface area contributed by atoms with Crippen molar-refractivity contribution in [2.45, 2.75) is 38.4 Å². The topological polar surface area (TPSA) is 33.7 Å². The summed E-state index contributed by atoms with van der Waals surface area (Å²) in [5.41, 5.74) is 1.13. The first-order valence-electron chi connectivity index (χ1n) is 9.33. The fourth-order valence-corrected chi connectivity index (χ4v) is 3.51. The molecule has 3 rings (SSSR count). The third-order valence-electron chi connectivity index (χ3n) is 5.09. The van der Waals surface area contributed by atoms with Crippen molar-refractivity contribution in [2.24, 2.45) is 5.92 Å². The summed E-state index contributed by atoms with van der Waals surface area (Å²) in [5, 5.41) is 3.52. The highest BCUT2D eigenvalue weighted by Crippen LogP contribution is 2.32. The molecule has 0 saturated carbocycles. The van der Waals surface area contributed by atoms with Crippen molar-refractivity contribution in [1.82, 2.24) is 10.2 Å². The van der Waals surface area contributed by atoms with Gasteiger partial charge >= 0.3 is 6.18 Å². The van der Waals surface area contributed by atoms with Gasteiger partial charge in [0.05, 0.1) is 19.8 Å². The van der Waals surface area contributed by atoms with Gasteiger partial charge in [-0.15, -0.1) is 0 Å². The average molecular weight is 372 g/mol. The molecule has 26 heavy (non-hydrogen) atoms. The van der Waals surface area contributed by atoms with Crippen molar-refractivity contribution in [3.63, 3.8) is 0 Å². The molecule has 7 heteroatoms. The number of nitrogens with one attached hydrogen (secondary N) is 1. The molecular formula is C19H27F3N2O2. The Labute approximate surface area is 152 Å². The van der Waals surface area contributed by atoms with Gasteiger partial charge in [-0.05, 0) is 63.0 Å². The Kier molecular flexibility index (Phi) is 6.29. The number of halogens is 3. The zero-order chi connectivity index (χ0) is 18.6. The molecule has 146 valence electrons. The van der Waals surface area contributed by atoms with Crippen LogP contribution in [0.25, 0.3) is 0 Å². The van der Waals surface area contributed by atoms with Crippen molar-refractivity contribution in [2.75, 3.05) is 39.4 Å². The van der Waals surface area contributed by atoms with E-state index in [1.807, 2.05) is 18.2 Å². The number of piperidine rings is 1. The van der Waals surface area contributed by atoms with Crippen LogP contribution in [0, 0.1) is 5.92 Å². The quantitative estimate of drug-likeness (QED) is 0.853. The molecule has 0 radical (unpaired) electrons. The van der Waals surface area contributed by atoms with Gasteiger partial charge in [0.25, 0.3) is 0 Å². The smallest absolute Gasteiger partial charge is 0.401 e. The van der Waals surface area contributed by atoms with Crippen LogP contribution in [-0.2, 0) is 0 Å². The van der Waals surface area contributed by atoms with Gasteiger partial charge in [-0.25, -0.2) is 0 Å². The van der Waals surface area contributed by atoms with Crippen LogP contribution in [-0.4, -0.2) is 50.5 Å². The van der Waals surface area contributed by atoms with E-state index in [4.69, 9.17) is 9.47 Å². The summed E-state index contributed by atoms with van der Waals surface area (Å²) < 4.78 is 48.7. The predicted molar refractivity (Wildman–Crippen MR) is 93.7 cm³/mol. The van der Waals surface area contributed by atoms with Crippen LogP contribution in [0.1, 0.15) is 37.8 Å². The molecule has 2 heterocycles. The number of likely N-dealkylation sites (tertiary alicyclic amines) is 1. The molecule has 1 unspecified atom stereocenters. The van der Waals surface area contributed by atoms with E-state index >= 15 is 0 Å². The Morgan fingerprint density at radius 2 is 1.85 bits per heavy atom. The number of ether oxygens (including phenoxy) is 2. The lowest BCUT2D eigenvalue weighted by Crippen LogP contribution is -2.42. The Bertz CT molecular complexity index is 587. The Morgan fingerprint density at radius 3 is 2.54 bits per heavy atom. The van der Waals surface area contributed by atoms with E-state index < -0.39 is 12.7 Å². The largest absolute Gasteiger partial charge is 0.490 e. The van der Waals surface area contributed by atoms with Crippen molar-refractivity contribution >= 4 is 0 Å². The van der Waals surface area contributed by atoms with Gasteiger partial charge in [0.15, 0.2) is 11.5 Å². The molecule has 1 saturated heterocycles. The maximum atomic E-state index is 12.5. The maximum absolute atomic E-state index is 12.5. The predicted octanol–water partition coefficient (Wildman–Crippen LogP) is 3.77. The van der Waals surface area contributed by atoms with Crippen LogP contribution in [0.2, 0.25) is 0 Å². The summed E-state index contributed by atoms with van der Waals surface area (Å²) in [6, 6.07) is 6.16. The van der Waals surface area contributed by atoms with Crippen LogP contribution >= 0.6 is 0 Å². The molecular weight excluding hydrogens is 345 g/mol. The van der Waals surface area contributed by atoms with E-state index in [0.29, 0.717) is 32.2 Å². The van der Waals surface area contributed by atoms with E-state index in [0.717, 1.165) is 42.9 Å². The van der Waals surface area contributed by atoms with E-state index in [-0.39, 0.29) is 6.04 Å². The SMILES string of the molecule is CC(NCC1CCN(CC(F)(F)F)CC1)c1ccc2c(c1)OCCCO2. The molecule has 1 fully saturated rings. The summed E-state index contributed by atoms with van der Waals surface area (Å²) in [6.07, 6.45) is -1.62. The van der Waals surface area contributed by atoms with E-state index in [1.54, 1.807) is 0 Å². The van der Waals surface area contributed by atoms with Crippen LogP contribution in [0.5, 0.6) is 11.5 Å². The summed E-state index contributed by atoms with van der Waals surface area (Å²) in [5.74, 6) is 1.99. The molecule has 2 aliphatic rings. The first-order chi connectivity index (χ1) is 12.4. The summed E-state index contributed by atoms with van der Waals surface area (Å²) in [4.78, 5) is 1.50. The molecule has 1 N–H and O–H groups in total. The summed E-state index contributed by atoms with van der Waals surface area (Å²) in [6.45, 7) is 4.49. The maximum Gasteiger partial charge on any atom is 0.401 e. The third kappa shape index (κ3) is 5.51. The van der Waals surface area contributed by atoms with Crippen molar-refractivity contribution in [3.05, 3.63) is 23.8 Å². The lowest BCUT2D eigenvalue weighted by molar-refractivity contribution is -0.148. The number of hydrogen-bond acceptors (Lipinski definition) is 4. The number of nitrogens with zero attached hydrogens (tertiary/aromatic N) is 1. The van der Waals surface area contributed by atoms with Gasteiger partial charge in [0.2, 0.25) is 0 Å². The van der Waals surface area contributed by atoms with Gasteiger partial charge in [0, 0.05) is 12.5 Å². The molecule has 4 nitrogen and oxygen atoms in total. The molecule has 0 aromatic heterocycles. The fraction of sp³-hybridized carbons (Fsp3) is 0.684. The minimum Gasteiger partial charge on any atom is -0.490 e. The third-order valence-corrected chi connectivity index (χ3v) is 5.09. The molecule has 1 aromatic rings. The molecule has 0 aliphatic carbocycles. The molecule has 1 atom stereocenters. The lowest BCUT2D eigenvalue weighted by atomic mass is 9.96. The number of rotatable bonds is 5. The van der Waals surface area contributed by atoms with Crippen molar-refractivity contribution in [1.29, 1.82) is 0 Å². The van der Waals surface area contributed by atoms with Crippen LogP contribution in [0.3, 0.4) is 0 Å². The van der Waals surface area contributed by atoms with Gasteiger partial charge in [-0.3, -0.25) is 4.90 Å². The highest BCUT2D eigenvalue weighted by atomic mass is 19.4. The standard InChI is InChI=1S/C19H27F3N2O2/c1-14(16-3-4-17-18(11-16)26-10-2-9-25-17)23-12-15-5-7-24(8-6-15)13-19(20,21)22/h3-4,11,14-15,23H,2,5-10,12-13H2,1H3. The first kappa shape index (κ1) is 19.3. The second kappa shape index (κ2) is 8.48.